The summed E-state index contributed by atoms with van der Waals surface area (Å²) in [5.74, 6) is 1.23. The molecule has 0 radical (unpaired) electrons. The lowest BCUT2D eigenvalue weighted by atomic mass is 10.0. The third-order valence-electron chi connectivity index (χ3n) is 5.27. The molecule has 4 nitrogen and oxygen atoms in total. The second-order valence-electron chi connectivity index (χ2n) is 7.42. The van der Waals surface area contributed by atoms with Crippen LogP contribution >= 0.6 is 0 Å². The number of rotatable bonds is 6. The van der Waals surface area contributed by atoms with Gasteiger partial charge >= 0.3 is 0 Å². The Morgan fingerprint density at radius 1 is 0.862 bits per heavy atom. The van der Waals surface area contributed by atoms with Gasteiger partial charge in [-0.3, -0.25) is 9.69 Å². The summed E-state index contributed by atoms with van der Waals surface area (Å²) in [5, 5.41) is 3.20. The molecule has 0 aromatic heterocycles. The van der Waals surface area contributed by atoms with Crippen molar-refractivity contribution in [1.29, 1.82) is 0 Å². The van der Waals surface area contributed by atoms with E-state index in [0.717, 1.165) is 38.2 Å². The van der Waals surface area contributed by atoms with Gasteiger partial charge in [-0.25, -0.2) is 0 Å². The van der Waals surface area contributed by atoms with Crippen molar-refractivity contribution < 1.29 is 9.53 Å². The van der Waals surface area contributed by atoms with Crippen LogP contribution in [0.5, 0.6) is 11.5 Å². The van der Waals surface area contributed by atoms with Crippen LogP contribution in [0.4, 0.5) is 0 Å². The van der Waals surface area contributed by atoms with Crippen molar-refractivity contribution in [3.63, 3.8) is 0 Å². The van der Waals surface area contributed by atoms with E-state index >= 15 is 0 Å². The van der Waals surface area contributed by atoms with Gasteiger partial charge in [0.15, 0.2) is 0 Å². The fraction of sp³-hybridized carbons (Fsp3) is 0.240. The minimum Gasteiger partial charge on any atom is -0.457 e. The number of para-hydroxylation sites is 2. The zero-order valence-electron chi connectivity index (χ0n) is 16.5. The van der Waals surface area contributed by atoms with Gasteiger partial charge < -0.3 is 10.1 Å². The molecule has 0 aliphatic carbocycles. The molecule has 4 rings (SSSR count). The quantitative estimate of drug-likeness (QED) is 0.657. The van der Waals surface area contributed by atoms with Gasteiger partial charge in [0.05, 0.1) is 5.56 Å². The van der Waals surface area contributed by atoms with E-state index in [1.165, 1.54) is 5.56 Å². The number of piperidine rings is 1. The average Bonchev–Trinajstić information content (AvgIpc) is 2.77. The van der Waals surface area contributed by atoms with Crippen molar-refractivity contribution in [3.8, 4) is 11.5 Å². The first-order chi connectivity index (χ1) is 14.3. The van der Waals surface area contributed by atoms with E-state index < -0.39 is 0 Å². The van der Waals surface area contributed by atoms with E-state index in [-0.39, 0.29) is 11.9 Å². The topological polar surface area (TPSA) is 41.6 Å². The second-order valence-corrected chi connectivity index (χ2v) is 7.42. The minimum absolute atomic E-state index is 0.0713. The standard InChI is InChI=1S/C25H26N2O2/c28-25(23-13-7-8-14-24(23)29-22-11-5-2-6-12-22)26-21-15-17-27(18-16-21)19-20-9-3-1-4-10-20/h1-14,21H,15-19H2,(H,26,28). The summed E-state index contributed by atoms with van der Waals surface area (Å²) in [4.78, 5) is 15.3. The van der Waals surface area contributed by atoms with Crippen LogP contribution in [-0.4, -0.2) is 29.9 Å². The number of ether oxygens (including phenoxy) is 1. The van der Waals surface area contributed by atoms with Crippen molar-refractivity contribution in [1.82, 2.24) is 10.2 Å². The maximum atomic E-state index is 12.9. The van der Waals surface area contributed by atoms with Gasteiger partial charge in [0, 0.05) is 25.7 Å². The van der Waals surface area contributed by atoms with Crippen molar-refractivity contribution in [2.45, 2.75) is 25.4 Å². The largest absolute Gasteiger partial charge is 0.457 e. The Morgan fingerprint density at radius 3 is 2.21 bits per heavy atom. The van der Waals surface area contributed by atoms with Crippen molar-refractivity contribution >= 4 is 5.91 Å². The lowest BCUT2D eigenvalue weighted by Gasteiger charge is -2.32. The minimum atomic E-state index is -0.0713. The van der Waals surface area contributed by atoms with Crippen LogP contribution in [0, 0.1) is 0 Å². The molecular formula is C25H26N2O2. The number of carbonyl (C=O) groups excluding carboxylic acids is 1. The van der Waals surface area contributed by atoms with Crippen molar-refractivity contribution in [3.05, 3.63) is 96.1 Å². The number of likely N-dealkylation sites (tertiary alicyclic amines) is 1. The van der Waals surface area contributed by atoms with Crippen molar-refractivity contribution in [2.75, 3.05) is 13.1 Å². The van der Waals surface area contributed by atoms with Crippen LogP contribution in [0.25, 0.3) is 0 Å². The molecule has 1 N–H and O–H groups in total. The number of hydrogen-bond acceptors (Lipinski definition) is 3. The Hall–Kier alpha value is -3.11. The fourth-order valence-corrected chi connectivity index (χ4v) is 3.70. The molecule has 0 saturated carbocycles. The smallest absolute Gasteiger partial charge is 0.255 e. The van der Waals surface area contributed by atoms with Crippen LogP contribution in [0.2, 0.25) is 0 Å². The van der Waals surface area contributed by atoms with Crippen LogP contribution in [0.15, 0.2) is 84.9 Å². The third-order valence-corrected chi connectivity index (χ3v) is 5.27. The molecule has 0 spiro atoms. The fourth-order valence-electron chi connectivity index (χ4n) is 3.70. The highest BCUT2D eigenvalue weighted by Crippen LogP contribution is 2.25. The molecule has 0 unspecified atom stereocenters. The number of nitrogens with zero attached hydrogens (tertiary/aromatic N) is 1. The monoisotopic (exact) mass is 386 g/mol. The SMILES string of the molecule is O=C(NC1CCN(Cc2ccccc2)CC1)c1ccccc1Oc1ccccc1. The number of amides is 1. The van der Waals surface area contributed by atoms with Gasteiger partial charge in [-0.05, 0) is 42.7 Å². The van der Waals surface area contributed by atoms with Gasteiger partial charge in [-0.2, -0.15) is 0 Å². The van der Waals surface area contributed by atoms with Gasteiger partial charge in [0.2, 0.25) is 0 Å². The van der Waals surface area contributed by atoms with Gasteiger partial charge in [-0.1, -0.05) is 60.7 Å². The highest BCUT2D eigenvalue weighted by molar-refractivity contribution is 5.97. The van der Waals surface area contributed by atoms with Crippen LogP contribution in [0.3, 0.4) is 0 Å². The summed E-state index contributed by atoms with van der Waals surface area (Å²) >= 11 is 0. The molecule has 0 bridgehead atoms. The lowest BCUT2D eigenvalue weighted by Crippen LogP contribution is -2.44. The number of benzene rings is 3. The maximum absolute atomic E-state index is 12.9. The summed E-state index contributed by atoms with van der Waals surface area (Å²) in [6.07, 6.45) is 1.92. The zero-order chi connectivity index (χ0) is 19.9. The predicted molar refractivity (Wildman–Crippen MR) is 115 cm³/mol. The van der Waals surface area contributed by atoms with E-state index in [9.17, 15) is 4.79 Å². The Labute approximate surface area is 172 Å². The summed E-state index contributed by atoms with van der Waals surface area (Å²) in [6, 6.07) is 27.7. The first kappa shape index (κ1) is 19.2. The highest BCUT2D eigenvalue weighted by atomic mass is 16.5. The number of hydrogen-bond donors (Lipinski definition) is 1. The van der Waals surface area contributed by atoms with Gasteiger partial charge in [0.1, 0.15) is 11.5 Å². The predicted octanol–water partition coefficient (Wildman–Crippen LogP) is 4.87. The molecule has 4 heteroatoms. The van der Waals surface area contributed by atoms with Gasteiger partial charge in [-0.15, -0.1) is 0 Å². The molecule has 1 fully saturated rings. The van der Waals surface area contributed by atoms with Gasteiger partial charge in [0.25, 0.3) is 5.91 Å². The first-order valence-corrected chi connectivity index (χ1v) is 10.2. The summed E-state index contributed by atoms with van der Waals surface area (Å²) in [5.41, 5.74) is 1.91. The molecule has 3 aromatic carbocycles. The first-order valence-electron chi connectivity index (χ1n) is 10.2. The van der Waals surface area contributed by atoms with Crippen molar-refractivity contribution in [2.24, 2.45) is 0 Å². The van der Waals surface area contributed by atoms with E-state index in [4.69, 9.17) is 4.74 Å². The number of nitrogens with one attached hydrogen (secondary N) is 1. The Balaban J connectivity index is 1.33. The lowest BCUT2D eigenvalue weighted by molar-refractivity contribution is 0.0906. The molecule has 3 aromatic rings. The Morgan fingerprint density at radius 2 is 1.48 bits per heavy atom. The molecule has 1 aliphatic rings. The Kier molecular flexibility index (Phi) is 6.22. The zero-order valence-corrected chi connectivity index (χ0v) is 16.5. The van der Waals surface area contributed by atoms with E-state index in [1.54, 1.807) is 0 Å². The van der Waals surface area contributed by atoms with Crippen LogP contribution in [-0.2, 0) is 6.54 Å². The van der Waals surface area contributed by atoms with E-state index in [0.29, 0.717) is 11.3 Å². The molecule has 1 aliphatic heterocycles. The molecule has 1 heterocycles. The summed E-state index contributed by atoms with van der Waals surface area (Å²) in [6.45, 7) is 2.94. The molecule has 29 heavy (non-hydrogen) atoms. The molecule has 1 amide bonds. The number of carbonyl (C=O) groups is 1. The van der Waals surface area contributed by atoms with Crippen LogP contribution in [0.1, 0.15) is 28.8 Å². The third kappa shape index (κ3) is 5.24. The molecule has 1 saturated heterocycles. The van der Waals surface area contributed by atoms with E-state index in [2.05, 4.69) is 34.5 Å². The normalized spacial score (nSPS) is 15.0. The molecule has 148 valence electrons. The molecular weight excluding hydrogens is 360 g/mol. The van der Waals surface area contributed by atoms with Crippen LogP contribution < -0.4 is 10.1 Å². The maximum Gasteiger partial charge on any atom is 0.255 e. The average molecular weight is 386 g/mol. The summed E-state index contributed by atoms with van der Waals surface area (Å²) < 4.78 is 5.93. The van der Waals surface area contributed by atoms with E-state index in [1.807, 2.05) is 60.7 Å². The molecule has 0 atom stereocenters. The highest BCUT2D eigenvalue weighted by Gasteiger charge is 2.22. The Bertz CT molecular complexity index is 920. The summed E-state index contributed by atoms with van der Waals surface area (Å²) in [7, 11) is 0. The second kappa shape index (κ2) is 9.39.